The third-order valence-electron chi connectivity index (χ3n) is 7.20. The normalized spacial score (nSPS) is 28.7. The number of benzene rings is 1. The molecule has 4 saturated carbocycles. The molecule has 0 aromatic heterocycles. The van der Waals surface area contributed by atoms with Crippen LogP contribution in [0, 0.1) is 23.2 Å². The van der Waals surface area contributed by atoms with E-state index in [2.05, 4.69) is 5.32 Å². The fourth-order valence-electron chi connectivity index (χ4n) is 6.58. The molecule has 0 saturated heterocycles. The van der Waals surface area contributed by atoms with Crippen LogP contribution < -0.4 is 19.5 Å². The Kier molecular flexibility index (Phi) is 5.55. The van der Waals surface area contributed by atoms with Crippen molar-refractivity contribution in [2.75, 3.05) is 33.8 Å². The van der Waals surface area contributed by atoms with E-state index in [4.69, 9.17) is 18.9 Å². The highest BCUT2D eigenvalue weighted by molar-refractivity contribution is 6.04. The molecule has 164 valence electrons. The predicted molar refractivity (Wildman–Crippen MR) is 111 cm³/mol. The molecule has 1 amide bonds. The number of carbonyl (C=O) groups excluding carboxylic acids is 2. The van der Waals surface area contributed by atoms with Crippen LogP contribution in [-0.2, 0) is 9.53 Å². The van der Waals surface area contributed by atoms with Gasteiger partial charge in [0.1, 0.15) is 5.69 Å². The van der Waals surface area contributed by atoms with Crippen molar-refractivity contribution in [3.8, 4) is 17.2 Å². The highest BCUT2D eigenvalue weighted by atomic mass is 16.5. The van der Waals surface area contributed by atoms with Crippen LogP contribution in [0.4, 0.5) is 5.69 Å². The molecule has 4 aliphatic carbocycles. The van der Waals surface area contributed by atoms with Gasteiger partial charge in [-0.15, -0.1) is 0 Å². The summed E-state index contributed by atoms with van der Waals surface area (Å²) < 4.78 is 21.2. The quantitative estimate of drug-likeness (QED) is 0.674. The number of amides is 1. The molecule has 7 heteroatoms. The number of anilines is 1. The van der Waals surface area contributed by atoms with Crippen molar-refractivity contribution in [1.29, 1.82) is 0 Å². The molecule has 7 nitrogen and oxygen atoms in total. The van der Waals surface area contributed by atoms with Crippen LogP contribution in [-0.4, -0.2) is 40.3 Å². The van der Waals surface area contributed by atoms with Crippen LogP contribution in [0.1, 0.15) is 55.3 Å². The molecular formula is C23H31NO6. The van der Waals surface area contributed by atoms with Crippen molar-refractivity contribution < 1.29 is 28.5 Å². The van der Waals surface area contributed by atoms with E-state index in [1.807, 2.05) is 0 Å². The Balaban J connectivity index is 1.63. The molecule has 5 rings (SSSR count). The second-order valence-corrected chi connectivity index (χ2v) is 9.20. The minimum atomic E-state index is -0.584. The maximum atomic E-state index is 13.2. The molecule has 0 aliphatic heterocycles. The minimum absolute atomic E-state index is 0.0913. The standard InChI is InChI=1S/C23H31NO6/c1-27-17-8-16(22(26)30-4)19(21(29-3)20(17)28-2)24-18(25)12-23-9-13-5-14(10-23)7-15(6-13)11-23/h8,13-15H,5-7,9-12H2,1-4H3,(H,24,25). The summed E-state index contributed by atoms with van der Waals surface area (Å²) in [5, 5.41) is 2.95. The van der Waals surface area contributed by atoms with Crippen molar-refractivity contribution >= 4 is 17.6 Å². The van der Waals surface area contributed by atoms with E-state index in [9.17, 15) is 9.59 Å². The first kappa shape index (κ1) is 20.8. The summed E-state index contributed by atoms with van der Waals surface area (Å²) in [6, 6.07) is 1.51. The zero-order chi connectivity index (χ0) is 21.5. The summed E-state index contributed by atoms with van der Waals surface area (Å²) >= 11 is 0. The lowest BCUT2D eigenvalue weighted by atomic mass is 9.49. The maximum absolute atomic E-state index is 13.2. The van der Waals surface area contributed by atoms with Gasteiger partial charge in [-0.1, -0.05) is 0 Å². The molecule has 4 aliphatic rings. The SMILES string of the molecule is COC(=O)c1cc(OC)c(OC)c(OC)c1NC(=O)CC12CC3CC(CC(C3)C1)C2. The number of esters is 1. The lowest BCUT2D eigenvalue weighted by Gasteiger charge is -2.56. The average molecular weight is 418 g/mol. The van der Waals surface area contributed by atoms with Gasteiger partial charge in [0, 0.05) is 12.5 Å². The first-order chi connectivity index (χ1) is 14.4. The van der Waals surface area contributed by atoms with Crippen LogP contribution >= 0.6 is 0 Å². The first-order valence-corrected chi connectivity index (χ1v) is 10.6. The van der Waals surface area contributed by atoms with E-state index in [1.165, 1.54) is 53.8 Å². The number of nitrogens with one attached hydrogen (secondary N) is 1. The summed E-state index contributed by atoms with van der Waals surface area (Å²) in [4.78, 5) is 25.6. The minimum Gasteiger partial charge on any atom is -0.493 e. The Bertz CT molecular complexity index is 813. The third kappa shape index (κ3) is 3.59. The summed E-state index contributed by atoms with van der Waals surface area (Å²) in [6.07, 6.45) is 7.87. The maximum Gasteiger partial charge on any atom is 0.340 e. The van der Waals surface area contributed by atoms with Crippen LogP contribution in [0.15, 0.2) is 6.07 Å². The molecule has 1 aromatic carbocycles. The van der Waals surface area contributed by atoms with E-state index < -0.39 is 5.97 Å². The summed E-state index contributed by atoms with van der Waals surface area (Å²) in [6.45, 7) is 0. The second kappa shape index (κ2) is 8.00. The van der Waals surface area contributed by atoms with Gasteiger partial charge >= 0.3 is 5.97 Å². The number of ether oxygens (including phenoxy) is 4. The van der Waals surface area contributed by atoms with E-state index in [0.29, 0.717) is 17.9 Å². The molecule has 0 atom stereocenters. The first-order valence-electron chi connectivity index (χ1n) is 10.6. The molecule has 4 bridgehead atoms. The molecule has 0 radical (unpaired) electrons. The highest BCUT2D eigenvalue weighted by Crippen LogP contribution is 2.61. The third-order valence-corrected chi connectivity index (χ3v) is 7.20. The zero-order valence-electron chi connectivity index (χ0n) is 18.2. The molecule has 0 spiro atoms. The van der Waals surface area contributed by atoms with Gasteiger partial charge in [-0.3, -0.25) is 4.79 Å². The van der Waals surface area contributed by atoms with Crippen molar-refractivity contribution in [1.82, 2.24) is 0 Å². The number of rotatable bonds is 7. The molecule has 4 fully saturated rings. The Morgan fingerprint density at radius 2 is 1.50 bits per heavy atom. The predicted octanol–water partition coefficient (Wildman–Crippen LogP) is 4.04. The molecule has 0 heterocycles. The number of hydrogen-bond acceptors (Lipinski definition) is 6. The van der Waals surface area contributed by atoms with Gasteiger partial charge in [0.05, 0.1) is 34.0 Å². The van der Waals surface area contributed by atoms with Crippen LogP contribution in [0.5, 0.6) is 17.2 Å². The molecular weight excluding hydrogens is 386 g/mol. The molecule has 0 unspecified atom stereocenters. The Hall–Kier alpha value is -2.44. The summed E-state index contributed by atoms with van der Waals surface area (Å²) in [7, 11) is 5.72. The lowest BCUT2D eigenvalue weighted by Crippen LogP contribution is -2.47. The van der Waals surface area contributed by atoms with Gasteiger partial charge in [0.25, 0.3) is 0 Å². The fourth-order valence-corrected chi connectivity index (χ4v) is 6.58. The van der Waals surface area contributed by atoms with Gasteiger partial charge in [-0.2, -0.15) is 0 Å². The summed E-state index contributed by atoms with van der Waals surface area (Å²) in [5.74, 6) is 2.51. The van der Waals surface area contributed by atoms with Gasteiger partial charge in [0.15, 0.2) is 11.5 Å². The Morgan fingerprint density at radius 3 is 1.97 bits per heavy atom. The van der Waals surface area contributed by atoms with Crippen molar-refractivity contribution in [3.63, 3.8) is 0 Å². The highest BCUT2D eigenvalue weighted by Gasteiger charge is 2.51. The lowest BCUT2D eigenvalue weighted by molar-refractivity contribution is -0.124. The average Bonchev–Trinajstić information content (AvgIpc) is 2.70. The van der Waals surface area contributed by atoms with Crippen molar-refractivity contribution in [3.05, 3.63) is 11.6 Å². The van der Waals surface area contributed by atoms with Gasteiger partial charge in [-0.05, 0) is 61.7 Å². The number of carbonyl (C=O) groups is 2. The van der Waals surface area contributed by atoms with Crippen LogP contribution in [0.3, 0.4) is 0 Å². The van der Waals surface area contributed by atoms with Crippen molar-refractivity contribution in [2.45, 2.75) is 44.9 Å². The van der Waals surface area contributed by atoms with Gasteiger partial charge < -0.3 is 24.3 Å². The zero-order valence-corrected chi connectivity index (χ0v) is 18.2. The largest absolute Gasteiger partial charge is 0.493 e. The number of methoxy groups -OCH3 is 4. The van der Waals surface area contributed by atoms with E-state index in [1.54, 1.807) is 0 Å². The number of hydrogen-bond donors (Lipinski definition) is 1. The topological polar surface area (TPSA) is 83.1 Å². The van der Waals surface area contributed by atoms with Gasteiger partial charge in [0.2, 0.25) is 11.7 Å². The molecule has 1 aromatic rings. The fraction of sp³-hybridized carbons (Fsp3) is 0.652. The molecule has 1 N–H and O–H groups in total. The van der Waals surface area contributed by atoms with E-state index in [0.717, 1.165) is 37.0 Å². The summed E-state index contributed by atoms with van der Waals surface area (Å²) in [5.41, 5.74) is 0.524. The Labute approximate surface area is 177 Å². The van der Waals surface area contributed by atoms with E-state index in [-0.39, 0.29) is 28.3 Å². The van der Waals surface area contributed by atoms with E-state index >= 15 is 0 Å². The van der Waals surface area contributed by atoms with Crippen LogP contribution in [0.25, 0.3) is 0 Å². The van der Waals surface area contributed by atoms with Crippen LogP contribution in [0.2, 0.25) is 0 Å². The van der Waals surface area contributed by atoms with Gasteiger partial charge in [-0.25, -0.2) is 4.79 Å². The smallest absolute Gasteiger partial charge is 0.340 e. The molecule has 30 heavy (non-hydrogen) atoms. The monoisotopic (exact) mass is 417 g/mol. The second-order valence-electron chi connectivity index (χ2n) is 9.20. The Morgan fingerprint density at radius 1 is 0.933 bits per heavy atom. The van der Waals surface area contributed by atoms with Crippen molar-refractivity contribution in [2.24, 2.45) is 23.2 Å².